The molecular formula is C22H27Cl2N2+. The molecule has 26 heavy (non-hydrogen) atoms. The smallest absolute Gasteiger partial charge is 0.219 e. The highest BCUT2D eigenvalue weighted by Crippen LogP contribution is 2.22. The molecule has 0 saturated heterocycles. The van der Waals surface area contributed by atoms with Crippen LogP contribution in [0.5, 0.6) is 0 Å². The van der Waals surface area contributed by atoms with Crippen molar-refractivity contribution in [3.8, 4) is 0 Å². The Hall–Kier alpha value is -1.51. The van der Waals surface area contributed by atoms with E-state index in [0.717, 1.165) is 25.9 Å². The zero-order valence-corrected chi connectivity index (χ0v) is 16.9. The molecule has 2 aromatic carbocycles. The van der Waals surface area contributed by atoms with Gasteiger partial charge in [-0.2, -0.15) is 0 Å². The fourth-order valence-corrected chi connectivity index (χ4v) is 3.93. The molecule has 138 valence electrons. The molecule has 0 aliphatic carbocycles. The summed E-state index contributed by atoms with van der Waals surface area (Å²) in [5, 5.41) is 3.89. The van der Waals surface area contributed by atoms with E-state index in [4.69, 9.17) is 23.2 Å². The van der Waals surface area contributed by atoms with Gasteiger partial charge in [0.2, 0.25) is 6.33 Å². The van der Waals surface area contributed by atoms with Gasteiger partial charge in [-0.1, -0.05) is 68.7 Å². The van der Waals surface area contributed by atoms with Crippen LogP contribution in [0.15, 0.2) is 48.8 Å². The van der Waals surface area contributed by atoms with Gasteiger partial charge in [0.1, 0.15) is 0 Å². The first-order chi connectivity index (χ1) is 12.7. The lowest BCUT2D eigenvalue weighted by atomic mass is 10.0. The average Bonchev–Trinajstić information content (AvgIpc) is 2.94. The largest absolute Gasteiger partial charge is 0.255 e. The van der Waals surface area contributed by atoms with Gasteiger partial charge in [0.15, 0.2) is 0 Å². The van der Waals surface area contributed by atoms with Gasteiger partial charge in [-0.15, -0.1) is 0 Å². The van der Waals surface area contributed by atoms with Gasteiger partial charge in [-0.25, -0.2) is 9.13 Å². The van der Waals surface area contributed by atoms with Gasteiger partial charge < -0.3 is 0 Å². The number of aryl methyl sites for hydroxylation is 3. The first-order valence-corrected chi connectivity index (χ1v) is 10.4. The predicted molar refractivity (Wildman–Crippen MR) is 111 cm³/mol. The summed E-state index contributed by atoms with van der Waals surface area (Å²) in [6.07, 6.45) is 9.27. The number of hydrogen-bond donors (Lipinski definition) is 0. The Kier molecular flexibility index (Phi) is 6.99. The Morgan fingerprint density at radius 2 is 1.69 bits per heavy atom. The molecule has 0 aliphatic heterocycles. The van der Waals surface area contributed by atoms with Crippen molar-refractivity contribution >= 4 is 34.0 Å². The first kappa shape index (κ1) is 19.3. The van der Waals surface area contributed by atoms with Crippen molar-refractivity contribution in [2.75, 3.05) is 0 Å². The van der Waals surface area contributed by atoms with Crippen LogP contribution in [0.4, 0.5) is 0 Å². The molecular weight excluding hydrogens is 363 g/mol. The van der Waals surface area contributed by atoms with Crippen molar-refractivity contribution in [3.63, 3.8) is 0 Å². The Labute approximate surface area is 166 Å². The lowest BCUT2D eigenvalue weighted by molar-refractivity contribution is -0.694. The number of rotatable bonds is 9. The fraction of sp³-hybridized carbons (Fsp3) is 0.409. The highest BCUT2D eigenvalue weighted by atomic mass is 35.5. The molecule has 0 N–H and O–H groups in total. The number of hydrogen-bond acceptors (Lipinski definition) is 0. The number of fused-ring (bicyclic) bond motifs is 1. The second-order valence-electron chi connectivity index (χ2n) is 6.89. The predicted octanol–water partition coefficient (Wildman–Crippen LogP) is 6.45. The maximum atomic E-state index is 6.47. The average molecular weight is 390 g/mol. The fourth-order valence-electron chi connectivity index (χ4n) is 3.46. The van der Waals surface area contributed by atoms with E-state index in [9.17, 15) is 0 Å². The third-order valence-corrected chi connectivity index (χ3v) is 5.85. The molecule has 3 rings (SSSR count). The molecule has 0 saturated carbocycles. The second kappa shape index (κ2) is 9.43. The maximum Gasteiger partial charge on any atom is 0.255 e. The third-order valence-electron chi connectivity index (χ3n) is 4.96. The lowest BCUT2D eigenvalue weighted by Crippen LogP contribution is -2.32. The third kappa shape index (κ3) is 4.61. The number of halogens is 2. The summed E-state index contributed by atoms with van der Waals surface area (Å²) in [4.78, 5) is 0. The van der Waals surface area contributed by atoms with Crippen LogP contribution >= 0.6 is 23.2 Å². The second-order valence-corrected chi connectivity index (χ2v) is 7.60. The number of imidazole rings is 1. The minimum absolute atomic E-state index is 0.639. The lowest BCUT2D eigenvalue weighted by Gasteiger charge is -2.05. The highest BCUT2D eigenvalue weighted by molar-refractivity contribution is 6.39. The first-order valence-electron chi connectivity index (χ1n) is 9.61. The van der Waals surface area contributed by atoms with E-state index in [2.05, 4.69) is 64.8 Å². The summed E-state index contributed by atoms with van der Waals surface area (Å²) in [6, 6.07) is 15.0. The van der Waals surface area contributed by atoms with Crippen LogP contribution in [0.1, 0.15) is 44.6 Å². The van der Waals surface area contributed by atoms with Gasteiger partial charge in [0.25, 0.3) is 10.3 Å². The standard InChI is InChI=1S/C22H27Cl2N2/c1-2-3-4-5-8-15-25-17-26(22(24)21(25)23)16-14-19-12-9-11-18-10-6-7-13-20(18)19/h6-7,9-13,17H,2-5,8,14-16H2,1H3/q+1. The van der Waals surface area contributed by atoms with Crippen molar-refractivity contribution in [3.05, 3.63) is 64.7 Å². The summed E-state index contributed by atoms with van der Waals surface area (Å²) in [5.74, 6) is 0. The summed E-state index contributed by atoms with van der Waals surface area (Å²) in [5.41, 5.74) is 1.34. The van der Waals surface area contributed by atoms with Crippen LogP contribution in [-0.2, 0) is 19.5 Å². The minimum atomic E-state index is 0.639. The SMILES string of the molecule is CCCCCCC[n+]1cn(CCc2cccc3ccccc23)c(Cl)c1Cl. The van der Waals surface area contributed by atoms with Crippen LogP contribution in [-0.4, -0.2) is 4.57 Å². The van der Waals surface area contributed by atoms with E-state index >= 15 is 0 Å². The van der Waals surface area contributed by atoms with Crippen LogP contribution in [0.25, 0.3) is 10.8 Å². The molecule has 0 fully saturated rings. The molecule has 0 unspecified atom stereocenters. The topological polar surface area (TPSA) is 8.81 Å². The molecule has 1 heterocycles. The molecule has 3 aromatic rings. The van der Waals surface area contributed by atoms with Crippen molar-refractivity contribution < 1.29 is 4.57 Å². The summed E-state index contributed by atoms with van der Waals surface area (Å²) < 4.78 is 4.15. The molecule has 0 amide bonds. The van der Waals surface area contributed by atoms with Gasteiger partial charge in [0, 0.05) is 6.42 Å². The quantitative estimate of drug-likeness (QED) is 0.293. The molecule has 4 heteroatoms. The van der Waals surface area contributed by atoms with Crippen LogP contribution < -0.4 is 4.57 Å². The van der Waals surface area contributed by atoms with E-state index < -0.39 is 0 Å². The van der Waals surface area contributed by atoms with Crippen LogP contribution in [0.3, 0.4) is 0 Å². The summed E-state index contributed by atoms with van der Waals surface area (Å²) >= 11 is 12.9. The van der Waals surface area contributed by atoms with Crippen LogP contribution in [0.2, 0.25) is 10.3 Å². The zero-order chi connectivity index (χ0) is 18.4. The Morgan fingerprint density at radius 3 is 2.54 bits per heavy atom. The van der Waals surface area contributed by atoms with Crippen LogP contribution in [0, 0.1) is 0 Å². The van der Waals surface area contributed by atoms with E-state index in [0.29, 0.717) is 10.3 Å². The summed E-state index contributed by atoms with van der Waals surface area (Å²) in [7, 11) is 0. The number of nitrogens with zero attached hydrogens (tertiary/aromatic N) is 2. The zero-order valence-electron chi connectivity index (χ0n) is 15.4. The van der Waals surface area contributed by atoms with E-state index in [1.165, 1.54) is 42.0 Å². The number of aromatic nitrogens is 2. The Bertz CT molecular complexity index is 849. The van der Waals surface area contributed by atoms with Gasteiger partial charge >= 0.3 is 0 Å². The van der Waals surface area contributed by atoms with Gasteiger partial charge in [-0.05, 0) is 52.4 Å². The molecule has 0 bridgehead atoms. The molecule has 0 aliphatic rings. The Balaban J connectivity index is 1.65. The van der Waals surface area contributed by atoms with Crippen molar-refractivity contribution in [1.82, 2.24) is 4.57 Å². The van der Waals surface area contributed by atoms with E-state index in [-0.39, 0.29) is 0 Å². The maximum absolute atomic E-state index is 6.47. The molecule has 0 radical (unpaired) electrons. The van der Waals surface area contributed by atoms with Gasteiger partial charge in [0.05, 0.1) is 13.1 Å². The van der Waals surface area contributed by atoms with E-state index in [1.54, 1.807) is 0 Å². The summed E-state index contributed by atoms with van der Waals surface area (Å²) in [6.45, 7) is 4.00. The van der Waals surface area contributed by atoms with Crippen molar-refractivity contribution in [2.45, 2.75) is 58.5 Å². The van der Waals surface area contributed by atoms with Gasteiger partial charge in [-0.3, -0.25) is 0 Å². The highest BCUT2D eigenvalue weighted by Gasteiger charge is 2.19. The number of unbranched alkanes of at least 4 members (excludes halogenated alkanes) is 4. The molecule has 0 atom stereocenters. The van der Waals surface area contributed by atoms with Crippen molar-refractivity contribution in [1.29, 1.82) is 0 Å². The monoisotopic (exact) mass is 389 g/mol. The van der Waals surface area contributed by atoms with E-state index in [1.807, 2.05) is 0 Å². The van der Waals surface area contributed by atoms with Crippen molar-refractivity contribution in [2.24, 2.45) is 0 Å². The minimum Gasteiger partial charge on any atom is -0.219 e. The normalized spacial score (nSPS) is 11.3. The molecule has 0 spiro atoms. The number of benzene rings is 2. The molecule has 2 nitrogen and oxygen atoms in total. The molecule has 1 aromatic heterocycles. The Morgan fingerprint density at radius 1 is 0.923 bits per heavy atom.